The van der Waals surface area contributed by atoms with Crippen LogP contribution < -0.4 is 0 Å². The van der Waals surface area contributed by atoms with Crippen molar-refractivity contribution in [1.82, 2.24) is 0 Å². The van der Waals surface area contributed by atoms with Crippen molar-refractivity contribution in [2.24, 2.45) is 11.8 Å². The number of carboxylic acid groups (broad SMARTS) is 1. The lowest BCUT2D eigenvalue weighted by atomic mass is 9.86. The second-order valence-corrected chi connectivity index (χ2v) is 8.86. The number of hydrogen-bond donors (Lipinski definition) is 1. The van der Waals surface area contributed by atoms with E-state index in [1.54, 1.807) is 0 Å². The molecule has 28 heavy (non-hydrogen) atoms. The molecule has 3 heteroatoms. The first-order valence-corrected chi connectivity index (χ1v) is 10.4. The van der Waals surface area contributed by atoms with Crippen molar-refractivity contribution >= 4 is 5.97 Å². The van der Waals surface area contributed by atoms with Gasteiger partial charge >= 0.3 is 5.97 Å². The van der Waals surface area contributed by atoms with Crippen LogP contribution in [0.1, 0.15) is 77.0 Å². The highest BCUT2D eigenvalue weighted by Gasteiger charge is 2.60. The number of hydrogen-bond acceptors (Lipinski definition) is 2. The highest BCUT2D eigenvalue weighted by Crippen LogP contribution is 2.61. The van der Waals surface area contributed by atoms with E-state index in [1.807, 2.05) is 19.9 Å². The SMILES string of the molecule is CCOC[C@H]1[C@H](C=CC(C)=CC(=O)O)[C@@]1(C)c1cc(C(C)C)cc(C(C)C)c1. The van der Waals surface area contributed by atoms with Crippen molar-refractivity contribution in [1.29, 1.82) is 0 Å². The van der Waals surface area contributed by atoms with Crippen LogP contribution in [0.4, 0.5) is 0 Å². The van der Waals surface area contributed by atoms with Crippen LogP contribution in [0.3, 0.4) is 0 Å². The van der Waals surface area contributed by atoms with Crippen molar-refractivity contribution in [2.45, 2.75) is 65.7 Å². The van der Waals surface area contributed by atoms with Crippen LogP contribution in [0.5, 0.6) is 0 Å². The fourth-order valence-corrected chi connectivity index (χ4v) is 4.05. The molecule has 0 spiro atoms. The van der Waals surface area contributed by atoms with E-state index in [-0.39, 0.29) is 5.41 Å². The van der Waals surface area contributed by atoms with E-state index >= 15 is 0 Å². The summed E-state index contributed by atoms with van der Waals surface area (Å²) in [6, 6.07) is 7.07. The molecule has 1 N–H and O–H groups in total. The normalized spacial score (nSPS) is 25.1. The standard InChI is InChI=1S/C25H36O3/c1-8-28-15-23-22(10-9-18(6)11-24(26)27)25(23,7)21-13-19(16(2)3)12-20(14-21)17(4)5/h9-14,16-17,22-23H,8,15H2,1-7H3,(H,26,27)/t22-,23-,25+/m0/s1. The zero-order valence-corrected chi connectivity index (χ0v) is 18.5. The van der Waals surface area contributed by atoms with E-state index in [0.29, 0.717) is 30.3 Å². The maximum atomic E-state index is 10.9. The van der Waals surface area contributed by atoms with Gasteiger partial charge in [-0.3, -0.25) is 0 Å². The summed E-state index contributed by atoms with van der Waals surface area (Å²) in [6.07, 6.45) is 5.37. The number of benzene rings is 1. The van der Waals surface area contributed by atoms with Crippen molar-refractivity contribution < 1.29 is 14.6 Å². The molecule has 3 atom stereocenters. The predicted octanol–water partition coefficient (Wildman–Crippen LogP) is 6.06. The molecule has 1 fully saturated rings. The number of ether oxygens (including phenoxy) is 1. The van der Waals surface area contributed by atoms with Crippen molar-refractivity contribution in [3.63, 3.8) is 0 Å². The zero-order valence-electron chi connectivity index (χ0n) is 18.5. The summed E-state index contributed by atoms with van der Waals surface area (Å²) in [5.74, 6) is 0.819. The molecule has 0 bridgehead atoms. The molecule has 1 aromatic rings. The van der Waals surface area contributed by atoms with E-state index in [4.69, 9.17) is 9.84 Å². The van der Waals surface area contributed by atoms with Crippen LogP contribution in [-0.2, 0) is 14.9 Å². The minimum Gasteiger partial charge on any atom is -0.478 e. The Morgan fingerprint density at radius 2 is 1.75 bits per heavy atom. The maximum Gasteiger partial charge on any atom is 0.328 e. The van der Waals surface area contributed by atoms with Gasteiger partial charge in [-0.2, -0.15) is 0 Å². The largest absolute Gasteiger partial charge is 0.478 e. The lowest BCUT2D eigenvalue weighted by Crippen LogP contribution is -2.11. The van der Waals surface area contributed by atoms with E-state index < -0.39 is 5.97 Å². The number of aliphatic carboxylic acids is 1. The second kappa shape index (κ2) is 9.09. The van der Waals surface area contributed by atoms with Gasteiger partial charge in [0, 0.05) is 18.1 Å². The molecule has 0 heterocycles. The summed E-state index contributed by atoms with van der Waals surface area (Å²) < 4.78 is 5.79. The molecular formula is C25H36O3. The van der Waals surface area contributed by atoms with E-state index in [0.717, 1.165) is 12.2 Å². The summed E-state index contributed by atoms with van der Waals surface area (Å²) in [6.45, 7) is 16.6. The smallest absolute Gasteiger partial charge is 0.328 e. The van der Waals surface area contributed by atoms with Gasteiger partial charge in [-0.1, -0.05) is 65.0 Å². The van der Waals surface area contributed by atoms with Gasteiger partial charge in [-0.05, 0) is 59.8 Å². The average Bonchev–Trinajstić information content (AvgIpc) is 3.21. The first-order valence-electron chi connectivity index (χ1n) is 10.4. The van der Waals surface area contributed by atoms with Crippen LogP contribution in [-0.4, -0.2) is 24.3 Å². The topological polar surface area (TPSA) is 46.5 Å². The lowest BCUT2D eigenvalue weighted by Gasteiger charge is -2.19. The summed E-state index contributed by atoms with van der Waals surface area (Å²) in [5.41, 5.74) is 4.92. The maximum absolute atomic E-state index is 10.9. The second-order valence-electron chi connectivity index (χ2n) is 8.86. The molecule has 0 radical (unpaired) electrons. The first-order chi connectivity index (χ1) is 13.1. The minimum absolute atomic E-state index is 0.0176. The minimum atomic E-state index is -0.905. The molecule has 1 aliphatic rings. The Bertz CT molecular complexity index is 731. The van der Waals surface area contributed by atoms with Crippen LogP contribution in [0, 0.1) is 11.8 Å². The molecule has 1 saturated carbocycles. The number of carboxylic acids is 1. The Balaban J connectivity index is 2.41. The van der Waals surface area contributed by atoms with Gasteiger partial charge in [-0.25, -0.2) is 4.79 Å². The third kappa shape index (κ3) is 4.94. The van der Waals surface area contributed by atoms with Gasteiger partial charge in [0.2, 0.25) is 0 Å². The predicted molar refractivity (Wildman–Crippen MR) is 116 cm³/mol. The highest BCUT2D eigenvalue weighted by molar-refractivity contribution is 5.81. The Labute approximate surface area is 170 Å². The van der Waals surface area contributed by atoms with Crippen molar-refractivity contribution in [3.8, 4) is 0 Å². The van der Waals surface area contributed by atoms with E-state index in [2.05, 4.69) is 58.9 Å². The quantitative estimate of drug-likeness (QED) is 0.416. The molecule has 154 valence electrons. The zero-order chi connectivity index (χ0) is 21.1. The summed E-state index contributed by atoms with van der Waals surface area (Å²) in [7, 11) is 0. The first kappa shape index (κ1) is 22.4. The monoisotopic (exact) mass is 384 g/mol. The molecule has 1 aromatic carbocycles. The number of allylic oxidation sites excluding steroid dienone is 3. The highest BCUT2D eigenvalue weighted by atomic mass is 16.5. The number of carbonyl (C=O) groups is 1. The molecular weight excluding hydrogens is 348 g/mol. The van der Waals surface area contributed by atoms with Gasteiger partial charge in [0.1, 0.15) is 0 Å². The van der Waals surface area contributed by atoms with Gasteiger partial charge in [0.05, 0.1) is 6.61 Å². The fourth-order valence-electron chi connectivity index (χ4n) is 4.05. The van der Waals surface area contributed by atoms with E-state index in [1.165, 1.54) is 22.8 Å². The molecule has 3 nitrogen and oxygen atoms in total. The summed E-state index contributed by atoms with van der Waals surface area (Å²) in [5, 5.41) is 8.95. The molecule has 1 aliphatic carbocycles. The molecule has 0 aromatic heterocycles. The molecule has 2 rings (SSSR count). The summed E-state index contributed by atoms with van der Waals surface area (Å²) in [4.78, 5) is 10.9. The Hall–Kier alpha value is -1.87. The number of rotatable bonds is 9. The lowest BCUT2D eigenvalue weighted by molar-refractivity contribution is -0.131. The third-order valence-corrected chi connectivity index (χ3v) is 6.14. The Morgan fingerprint density at radius 1 is 1.18 bits per heavy atom. The van der Waals surface area contributed by atoms with Crippen molar-refractivity contribution in [2.75, 3.05) is 13.2 Å². The third-order valence-electron chi connectivity index (χ3n) is 6.14. The molecule has 0 amide bonds. The fraction of sp³-hybridized carbons (Fsp3) is 0.560. The van der Waals surface area contributed by atoms with Crippen LogP contribution >= 0.6 is 0 Å². The Morgan fingerprint density at radius 3 is 2.21 bits per heavy atom. The molecule has 0 saturated heterocycles. The van der Waals surface area contributed by atoms with Gasteiger partial charge in [0.25, 0.3) is 0 Å². The average molecular weight is 385 g/mol. The van der Waals surface area contributed by atoms with Crippen LogP contribution in [0.15, 0.2) is 42.0 Å². The van der Waals surface area contributed by atoms with Crippen LogP contribution in [0.25, 0.3) is 0 Å². The van der Waals surface area contributed by atoms with E-state index in [9.17, 15) is 4.79 Å². The Kier molecular flexibility index (Phi) is 7.28. The van der Waals surface area contributed by atoms with Gasteiger partial charge in [-0.15, -0.1) is 0 Å². The van der Waals surface area contributed by atoms with Crippen LogP contribution in [0.2, 0.25) is 0 Å². The summed E-state index contributed by atoms with van der Waals surface area (Å²) >= 11 is 0. The van der Waals surface area contributed by atoms with Gasteiger partial charge < -0.3 is 9.84 Å². The van der Waals surface area contributed by atoms with Gasteiger partial charge in [0.15, 0.2) is 0 Å². The molecule has 0 unspecified atom stereocenters. The molecule has 0 aliphatic heterocycles. The van der Waals surface area contributed by atoms with Crippen molar-refractivity contribution in [3.05, 3.63) is 58.7 Å².